The summed E-state index contributed by atoms with van der Waals surface area (Å²) in [6, 6.07) is 14.2. The first-order valence-electron chi connectivity index (χ1n) is 6.92. The minimum absolute atomic E-state index is 0.452. The van der Waals surface area contributed by atoms with E-state index in [9.17, 15) is 0 Å². The molecule has 0 aliphatic heterocycles. The molecule has 0 aliphatic carbocycles. The van der Waals surface area contributed by atoms with Gasteiger partial charge in [-0.15, -0.1) is 0 Å². The molecule has 21 heavy (non-hydrogen) atoms. The summed E-state index contributed by atoms with van der Waals surface area (Å²) in [6.45, 7) is 0.928. The Hall–Kier alpha value is -0.540. The molecule has 0 aliphatic rings. The van der Waals surface area contributed by atoms with Crippen LogP contribution in [0.25, 0.3) is 0 Å². The van der Waals surface area contributed by atoms with Crippen molar-refractivity contribution in [2.45, 2.75) is 12.8 Å². The van der Waals surface area contributed by atoms with Gasteiger partial charge in [-0.25, -0.2) is 0 Å². The number of benzene rings is 2. The number of hydrogen-bond acceptors (Lipinski definition) is 1. The molecule has 1 nitrogen and oxygen atoms in total. The maximum absolute atomic E-state index is 6.29. The molecule has 112 valence electrons. The summed E-state index contributed by atoms with van der Waals surface area (Å²) in [6.07, 6.45) is 1.87. The minimum atomic E-state index is 0.452. The van der Waals surface area contributed by atoms with Gasteiger partial charge in [-0.05, 0) is 67.7 Å². The first-order chi connectivity index (χ1) is 10.1. The van der Waals surface area contributed by atoms with E-state index in [1.807, 2.05) is 25.2 Å². The fourth-order valence-electron chi connectivity index (χ4n) is 2.48. The maximum Gasteiger partial charge on any atom is 0.0452 e. The molecule has 2 aromatic rings. The molecule has 0 radical (unpaired) electrons. The molecule has 0 spiro atoms. The molecule has 4 heteroatoms. The van der Waals surface area contributed by atoms with Crippen molar-refractivity contribution >= 4 is 39.1 Å². The van der Waals surface area contributed by atoms with Crippen LogP contribution in [-0.2, 0) is 12.8 Å². The van der Waals surface area contributed by atoms with E-state index in [-0.39, 0.29) is 0 Å². The van der Waals surface area contributed by atoms with Gasteiger partial charge >= 0.3 is 0 Å². The van der Waals surface area contributed by atoms with Crippen molar-refractivity contribution in [3.8, 4) is 0 Å². The first kappa shape index (κ1) is 16.8. The molecule has 0 fully saturated rings. The Balaban J connectivity index is 2.13. The highest BCUT2D eigenvalue weighted by Crippen LogP contribution is 2.28. The maximum atomic E-state index is 6.29. The topological polar surface area (TPSA) is 12.0 Å². The fourth-order valence-corrected chi connectivity index (χ4v) is 3.29. The number of nitrogens with one attached hydrogen (secondary N) is 1. The highest BCUT2D eigenvalue weighted by molar-refractivity contribution is 9.10. The van der Waals surface area contributed by atoms with Crippen LogP contribution in [0, 0.1) is 5.92 Å². The van der Waals surface area contributed by atoms with Crippen molar-refractivity contribution in [1.29, 1.82) is 0 Å². The second-order valence-corrected chi connectivity index (χ2v) is 6.89. The van der Waals surface area contributed by atoms with Crippen LogP contribution in [-0.4, -0.2) is 13.6 Å². The molecular weight excluding hydrogens is 369 g/mol. The SMILES string of the molecule is CNCC(Cc1ccc(Br)cc1)Cc1c(Cl)cccc1Cl. The van der Waals surface area contributed by atoms with Crippen LogP contribution in [0.15, 0.2) is 46.9 Å². The van der Waals surface area contributed by atoms with Gasteiger partial charge in [0.25, 0.3) is 0 Å². The minimum Gasteiger partial charge on any atom is -0.319 e. The highest BCUT2D eigenvalue weighted by atomic mass is 79.9. The molecule has 0 heterocycles. The lowest BCUT2D eigenvalue weighted by atomic mass is 9.92. The van der Waals surface area contributed by atoms with E-state index < -0.39 is 0 Å². The van der Waals surface area contributed by atoms with Gasteiger partial charge in [-0.3, -0.25) is 0 Å². The first-order valence-corrected chi connectivity index (χ1v) is 8.47. The lowest BCUT2D eigenvalue weighted by Gasteiger charge is -2.18. The average molecular weight is 387 g/mol. The third-order valence-corrected chi connectivity index (χ3v) is 4.72. The average Bonchev–Trinajstić information content (AvgIpc) is 2.45. The van der Waals surface area contributed by atoms with Gasteiger partial charge in [0.2, 0.25) is 0 Å². The van der Waals surface area contributed by atoms with E-state index in [2.05, 4.69) is 45.5 Å². The van der Waals surface area contributed by atoms with Crippen molar-refractivity contribution in [1.82, 2.24) is 5.32 Å². The van der Waals surface area contributed by atoms with Crippen LogP contribution in [0.3, 0.4) is 0 Å². The van der Waals surface area contributed by atoms with Crippen LogP contribution < -0.4 is 5.32 Å². The number of hydrogen-bond donors (Lipinski definition) is 1. The summed E-state index contributed by atoms with van der Waals surface area (Å²) in [7, 11) is 1.97. The summed E-state index contributed by atoms with van der Waals surface area (Å²) in [5.74, 6) is 0.452. The molecule has 0 aromatic heterocycles. The molecule has 0 saturated heterocycles. The Kier molecular flexibility index (Phi) is 6.56. The van der Waals surface area contributed by atoms with Gasteiger partial charge < -0.3 is 5.32 Å². The van der Waals surface area contributed by atoms with E-state index in [1.165, 1.54) is 5.56 Å². The zero-order chi connectivity index (χ0) is 15.2. The molecule has 0 bridgehead atoms. The molecule has 0 saturated carbocycles. The predicted molar refractivity (Wildman–Crippen MR) is 95.4 cm³/mol. The molecule has 2 aromatic carbocycles. The summed E-state index contributed by atoms with van der Waals surface area (Å²) >= 11 is 16.0. The quantitative estimate of drug-likeness (QED) is 0.702. The lowest BCUT2D eigenvalue weighted by Crippen LogP contribution is -2.23. The summed E-state index contributed by atoms with van der Waals surface area (Å²) in [4.78, 5) is 0. The Morgan fingerprint density at radius 2 is 1.62 bits per heavy atom. The largest absolute Gasteiger partial charge is 0.319 e. The predicted octanol–water partition coefficient (Wildman–Crippen LogP) is 5.38. The van der Waals surface area contributed by atoms with Crippen molar-refractivity contribution in [3.63, 3.8) is 0 Å². The lowest BCUT2D eigenvalue weighted by molar-refractivity contribution is 0.493. The van der Waals surface area contributed by atoms with E-state index in [1.54, 1.807) is 0 Å². The van der Waals surface area contributed by atoms with Gasteiger partial charge in [0.15, 0.2) is 0 Å². The highest BCUT2D eigenvalue weighted by Gasteiger charge is 2.14. The van der Waals surface area contributed by atoms with E-state index in [0.717, 1.165) is 39.5 Å². The van der Waals surface area contributed by atoms with Crippen molar-refractivity contribution in [2.75, 3.05) is 13.6 Å². The Labute approximate surface area is 144 Å². The zero-order valence-corrected chi connectivity index (χ0v) is 15.0. The van der Waals surface area contributed by atoms with Gasteiger partial charge in [0.05, 0.1) is 0 Å². The Morgan fingerprint density at radius 3 is 2.19 bits per heavy atom. The molecule has 0 amide bonds. The van der Waals surface area contributed by atoms with Gasteiger partial charge in [0.1, 0.15) is 0 Å². The van der Waals surface area contributed by atoms with Crippen molar-refractivity contribution in [2.24, 2.45) is 5.92 Å². The summed E-state index contributed by atoms with van der Waals surface area (Å²) in [5.41, 5.74) is 2.36. The Morgan fingerprint density at radius 1 is 1.00 bits per heavy atom. The van der Waals surface area contributed by atoms with Crippen LogP contribution in [0.4, 0.5) is 0 Å². The van der Waals surface area contributed by atoms with E-state index in [4.69, 9.17) is 23.2 Å². The van der Waals surface area contributed by atoms with Crippen LogP contribution in [0.5, 0.6) is 0 Å². The molecule has 1 N–H and O–H groups in total. The third-order valence-electron chi connectivity index (χ3n) is 3.48. The van der Waals surface area contributed by atoms with Crippen LogP contribution in [0.1, 0.15) is 11.1 Å². The van der Waals surface area contributed by atoms with Crippen LogP contribution >= 0.6 is 39.1 Å². The molecular formula is C17H18BrCl2N. The smallest absolute Gasteiger partial charge is 0.0452 e. The number of rotatable bonds is 6. The third kappa shape index (κ3) is 5.00. The van der Waals surface area contributed by atoms with Crippen molar-refractivity contribution in [3.05, 3.63) is 68.1 Å². The number of halogens is 3. The van der Waals surface area contributed by atoms with Crippen LogP contribution in [0.2, 0.25) is 10.0 Å². The molecule has 1 atom stereocenters. The van der Waals surface area contributed by atoms with E-state index >= 15 is 0 Å². The summed E-state index contributed by atoms with van der Waals surface area (Å²) in [5, 5.41) is 4.76. The second-order valence-electron chi connectivity index (χ2n) is 5.16. The zero-order valence-electron chi connectivity index (χ0n) is 11.9. The van der Waals surface area contributed by atoms with Gasteiger partial charge in [-0.1, -0.05) is 57.3 Å². The standard InChI is InChI=1S/C17H18BrCl2N/c1-21-11-13(9-12-5-7-14(18)8-6-12)10-15-16(19)3-2-4-17(15)20/h2-8,13,21H,9-11H2,1H3. The summed E-state index contributed by atoms with van der Waals surface area (Å²) < 4.78 is 1.10. The Bertz CT molecular complexity index is 564. The second kappa shape index (κ2) is 8.19. The molecule has 1 unspecified atom stereocenters. The van der Waals surface area contributed by atoms with Crippen molar-refractivity contribution < 1.29 is 0 Å². The monoisotopic (exact) mass is 385 g/mol. The normalized spacial score (nSPS) is 12.4. The van der Waals surface area contributed by atoms with Gasteiger partial charge in [0, 0.05) is 14.5 Å². The van der Waals surface area contributed by atoms with Gasteiger partial charge in [-0.2, -0.15) is 0 Å². The molecule has 2 rings (SSSR count). The fraction of sp³-hybridized carbons (Fsp3) is 0.294. The van der Waals surface area contributed by atoms with E-state index in [0.29, 0.717) is 5.92 Å².